The van der Waals surface area contributed by atoms with E-state index in [9.17, 15) is 8.78 Å². The number of ether oxygens (including phenoxy) is 1. The van der Waals surface area contributed by atoms with Crippen molar-refractivity contribution in [2.24, 2.45) is 5.92 Å². The van der Waals surface area contributed by atoms with E-state index in [1.165, 1.54) is 36.9 Å². The molecule has 0 heterocycles. The van der Waals surface area contributed by atoms with E-state index in [0.29, 0.717) is 17.0 Å². The van der Waals surface area contributed by atoms with Gasteiger partial charge in [-0.2, -0.15) is 0 Å². The Balaban J connectivity index is 1.59. The van der Waals surface area contributed by atoms with Gasteiger partial charge in [0, 0.05) is 23.9 Å². The number of rotatable bonds is 8. The normalized spacial score (nSPS) is 18.4. The average molecular weight is 457 g/mol. The van der Waals surface area contributed by atoms with Crippen LogP contribution in [0.3, 0.4) is 0 Å². The molecule has 1 fully saturated rings. The molecule has 1 nitrogen and oxygen atoms in total. The van der Waals surface area contributed by atoms with Crippen molar-refractivity contribution in [1.29, 1.82) is 0 Å². The Labute approximate surface area is 195 Å². The van der Waals surface area contributed by atoms with Gasteiger partial charge >= 0.3 is 0 Å². The molecule has 0 unspecified atom stereocenters. The predicted octanol–water partition coefficient (Wildman–Crippen LogP) is 8.62. The number of benzene rings is 2. The molecular weight excluding hydrogens is 426 g/mol. The lowest BCUT2D eigenvalue weighted by molar-refractivity contribution is 0.312. The summed E-state index contributed by atoms with van der Waals surface area (Å²) in [4.78, 5) is 0. The van der Waals surface area contributed by atoms with Crippen LogP contribution in [0.25, 0.3) is 11.1 Å². The number of unbranched alkanes of at least 4 members (excludes halogenated alkanes) is 1. The lowest BCUT2D eigenvalue weighted by atomic mass is 9.77. The molecule has 1 aliphatic rings. The van der Waals surface area contributed by atoms with Crippen LogP contribution in [-0.4, -0.2) is 6.61 Å². The molecule has 0 atom stereocenters. The molecular formula is C28H31ClF2O. The first-order valence-corrected chi connectivity index (χ1v) is 12.0. The fourth-order valence-corrected chi connectivity index (χ4v) is 4.41. The molecule has 1 aliphatic carbocycles. The van der Waals surface area contributed by atoms with E-state index in [1.807, 2.05) is 6.07 Å². The zero-order chi connectivity index (χ0) is 22.8. The second kappa shape index (κ2) is 12.7. The van der Waals surface area contributed by atoms with Gasteiger partial charge in [0.1, 0.15) is 12.4 Å². The summed E-state index contributed by atoms with van der Waals surface area (Å²) in [7, 11) is 0. The van der Waals surface area contributed by atoms with Crippen molar-refractivity contribution >= 4 is 11.6 Å². The molecule has 3 rings (SSSR count). The van der Waals surface area contributed by atoms with Crippen LogP contribution in [0.4, 0.5) is 8.78 Å². The van der Waals surface area contributed by atoms with E-state index in [4.69, 9.17) is 16.3 Å². The van der Waals surface area contributed by atoms with E-state index >= 15 is 0 Å². The Hall–Kier alpha value is -2.31. The van der Waals surface area contributed by atoms with Gasteiger partial charge in [-0.25, -0.2) is 8.78 Å². The minimum absolute atomic E-state index is 0.119. The second-order valence-corrected chi connectivity index (χ2v) is 8.67. The van der Waals surface area contributed by atoms with Gasteiger partial charge in [-0.15, -0.1) is 11.8 Å². The highest BCUT2D eigenvalue weighted by atomic mass is 35.5. The zero-order valence-electron chi connectivity index (χ0n) is 18.7. The van der Waals surface area contributed by atoms with Crippen molar-refractivity contribution in [3.63, 3.8) is 0 Å². The molecule has 2 aromatic rings. The van der Waals surface area contributed by atoms with Crippen molar-refractivity contribution in [2.45, 2.75) is 64.2 Å². The first kappa shape index (κ1) is 24.3. The zero-order valence-corrected chi connectivity index (χ0v) is 19.4. The van der Waals surface area contributed by atoms with Crippen LogP contribution in [0, 0.1) is 29.4 Å². The fraction of sp³-hybridized carbons (Fsp3) is 0.429. The maximum absolute atomic E-state index is 14.9. The van der Waals surface area contributed by atoms with Gasteiger partial charge in [-0.3, -0.25) is 0 Å². The SMILES string of the molecule is CCCC#CCCC1CCC(c2ccc(-c3ccc(OCC=CCl)c(F)c3)c(F)c2)CC1. The molecule has 1 saturated carbocycles. The highest BCUT2D eigenvalue weighted by Gasteiger charge is 2.23. The molecule has 0 radical (unpaired) electrons. The van der Waals surface area contributed by atoms with Crippen LogP contribution in [0.5, 0.6) is 5.75 Å². The Morgan fingerprint density at radius 1 is 1.00 bits per heavy atom. The summed E-state index contributed by atoms with van der Waals surface area (Å²) in [6.45, 7) is 2.33. The number of halogens is 3. The number of hydrogen-bond donors (Lipinski definition) is 0. The van der Waals surface area contributed by atoms with Gasteiger partial charge in [0.05, 0.1) is 0 Å². The third-order valence-corrected chi connectivity index (χ3v) is 6.33. The minimum Gasteiger partial charge on any atom is -0.486 e. The maximum Gasteiger partial charge on any atom is 0.165 e. The fourth-order valence-electron chi connectivity index (χ4n) is 4.34. The lowest BCUT2D eigenvalue weighted by Gasteiger charge is -2.28. The van der Waals surface area contributed by atoms with Crippen LogP contribution in [0.15, 0.2) is 48.0 Å². The molecule has 4 heteroatoms. The standard InChI is InChI=1S/C28H31ClF2O/c1-2-3-4-5-6-8-21-9-11-22(12-10-21)23-13-15-25(26(30)19-23)24-14-16-28(27(31)20-24)32-18-7-17-29/h7,13-17,19-22H,2-3,6,8-12,18H2,1H3. The topological polar surface area (TPSA) is 9.23 Å². The Kier molecular flexibility index (Phi) is 9.62. The molecule has 0 aromatic heterocycles. The smallest absolute Gasteiger partial charge is 0.165 e. The van der Waals surface area contributed by atoms with Crippen molar-refractivity contribution in [2.75, 3.05) is 6.61 Å². The molecule has 0 saturated heterocycles. The van der Waals surface area contributed by atoms with Gasteiger partial charge in [0.25, 0.3) is 0 Å². The highest BCUT2D eigenvalue weighted by Crippen LogP contribution is 2.39. The Morgan fingerprint density at radius 3 is 2.47 bits per heavy atom. The van der Waals surface area contributed by atoms with Crippen LogP contribution in [-0.2, 0) is 0 Å². The summed E-state index contributed by atoms with van der Waals surface area (Å²) in [6, 6.07) is 9.90. The molecule has 0 spiro atoms. The third kappa shape index (κ3) is 6.84. The van der Waals surface area contributed by atoms with Crippen LogP contribution in [0.2, 0.25) is 0 Å². The quantitative estimate of drug-likeness (QED) is 0.361. The molecule has 32 heavy (non-hydrogen) atoms. The van der Waals surface area contributed by atoms with Gasteiger partial charge in [-0.1, -0.05) is 36.7 Å². The lowest BCUT2D eigenvalue weighted by Crippen LogP contribution is -2.13. The van der Waals surface area contributed by atoms with Crippen LogP contribution in [0.1, 0.15) is 69.8 Å². The third-order valence-electron chi connectivity index (χ3n) is 6.16. The molecule has 0 aliphatic heterocycles. The monoisotopic (exact) mass is 456 g/mol. The van der Waals surface area contributed by atoms with Gasteiger partial charge in [0.15, 0.2) is 11.6 Å². The van der Waals surface area contributed by atoms with Crippen molar-refractivity contribution in [1.82, 2.24) is 0 Å². The summed E-state index contributed by atoms with van der Waals surface area (Å²) >= 11 is 5.44. The molecule has 0 amide bonds. The first-order chi connectivity index (χ1) is 15.6. The van der Waals surface area contributed by atoms with Crippen molar-refractivity contribution in [3.05, 3.63) is 65.2 Å². The van der Waals surface area contributed by atoms with E-state index < -0.39 is 5.82 Å². The summed E-state index contributed by atoms with van der Waals surface area (Å²) in [5.41, 5.74) is 3.26. The van der Waals surface area contributed by atoms with E-state index in [2.05, 4.69) is 18.8 Å². The first-order valence-electron chi connectivity index (χ1n) is 11.6. The molecule has 0 bridgehead atoms. The largest absolute Gasteiger partial charge is 0.486 e. The van der Waals surface area contributed by atoms with E-state index in [0.717, 1.165) is 43.6 Å². The highest BCUT2D eigenvalue weighted by molar-refractivity contribution is 6.25. The Morgan fingerprint density at radius 2 is 1.78 bits per heavy atom. The average Bonchev–Trinajstić information content (AvgIpc) is 2.80. The van der Waals surface area contributed by atoms with E-state index in [1.54, 1.807) is 24.3 Å². The molecule has 170 valence electrons. The maximum atomic E-state index is 14.9. The van der Waals surface area contributed by atoms with Crippen LogP contribution >= 0.6 is 11.6 Å². The Bertz CT molecular complexity index is 965. The minimum atomic E-state index is -0.522. The second-order valence-electron chi connectivity index (χ2n) is 8.42. The predicted molar refractivity (Wildman–Crippen MR) is 129 cm³/mol. The number of hydrogen-bond acceptors (Lipinski definition) is 1. The van der Waals surface area contributed by atoms with Crippen LogP contribution < -0.4 is 4.74 Å². The summed E-state index contributed by atoms with van der Waals surface area (Å²) in [5.74, 6) is 6.92. The summed E-state index contributed by atoms with van der Waals surface area (Å²) < 4.78 is 34.6. The van der Waals surface area contributed by atoms with E-state index in [-0.39, 0.29) is 18.2 Å². The van der Waals surface area contributed by atoms with Gasteiger partial charge in [-0.05, 0) is 85.8 Å². The van der Waals surface area contributed by atoms with Crippen molar-refractivity contribution < 1.29 is 13.5 Å². The van der Waals surface area contributed by atoms with Gasteiger partial charge < -0.3 is 4.74 Å². The molecule has 2 aromatic carbocycles. The molecule has 0 N–H and O–H groups in total. The summed E-state index contributed by atoms with van der Waals surface area (Å²) in [5, 5.41) is 0. The van der Waals surface area contributed by atoms with Gasteiger partial charge in [0.2, 0.25) is 0 Å². The summed E-state index contributed by atoms with van der Waals surface area (Å²) in [6.07, 6.45) is 10.4. The van der Waals surface area contributed by atoms with Crippen molar-refractivity contribution in [3.8, 4) is 28.7 Å².